The first-order valence-electron chi connectivity index (χ1n) is 13.0. The van der Waals surface area contributed by atoms with E-state index in [0.717, 1.165) is 21.7 Å². The number of hydrogen-bond acceptors (Lipinski definition) is 4. The largest absolute Gasteiger partial charge is 0.355 e. The van der Waals surface area contributed by atoms with Gasteiger partial charge in [-0.15, -0.1) is 0 Å². The molecule has 0 radical (unpaired) electrons. The number of sulfonamides is 1. The van der Waals surface area contributed by atoms with E-state index in [4.69, 9.17) is 23.2 Å². The van der Waals surface area contributed by atoms with Crippen LogP contribution in [0.3, 0.4) is 0 Å². The van der Waals surface area contributed by atoms with E-state index in [9.17, 15) is 18.0 Å². The molecule has 10 heteroatoms. The van der Waals surface area contributed by atoms with Crippen LogP contribution in [0.15, 0.2) is 72.8 Å². The summed E-state index contributed by atoms with van der Waals surface area (Å²) in [6, 6.07) is 20.6. The van der Waals surface area contributed by atoms with Crippen LogP contribution in [0.5, 0.6) is 0 Å². The highest BCUT2D eigenvalue weighted by Gasteiger charge is 2.33. The fraction of sp³-hybridized carbons (Fsp3) is 0.333. The van der Waals surface area contributed by atoms with Crippen molar-refractivity contribution < 1.29 is 18.0 Å². The minimum absolute atomic E-state index is 0.0176. The Morgan fingerprint density at radius 3 is 2.15 bits per heavy atom. The number of benzene rings is 3. The van der Waals surface area contributed by atoms with E-state index >= 15 is 0 Å². The molecular weight excluding hydrogens is 569 g/mol. The lowest BCUT2D eigenvalue weighted by molar-refractivity contribution is -0.140. The Hall–Kier alpha value is -3.07. The molecule has 3 aromatic carbocycles. The van der Waals surface area contributed by atoms with Crippen LogP contribution in [0.25, 0.3) is 0 Å². The minimum Gasteiger partial charge on any atom is -0.355 e. The number of nitrogens with one attached hydrogen (secondary N) is 1. The van der Waals surface area contributed by atoms with Crippen molar-refractivity contribution in [3.63, 3.8) is 0 Å². The normalized spacial score (nSPS) is 12.2. The molecule has 0 aromatic heterocycles. The number of rotatable bonds is 12. The summed E-state index contributed by atoms with van der Waals surface area (Å²) in [5.74, 6) is -0.848. The maximum atomic E-state index is 14.1. The highest BCUT2D eigenvalue weighted by Crippen LogP contribution is 2.30. The number of anilines is 1. The van der Waals surface area contributed by atoms with Crippen molar-refractivity contribution in [1.82, 2.24) is 10.2 Å². The second-order valence-corrected chi connectivity index (χ2v) is 12.6. The molecule has 0 saturated heterocycles. The number of halogens is 2. The second-order valence-electron chi connectivity index (χ2n) is 9.85. The van der Waals surface area contributed by atoms with Gasteiger partial charge >= 0.3 is 0 Å². The van der Waals surface area contributed by atoms with E-state index in [1.807, 2.05) is 56.3 Å². The van der Waals surface area contributed by atoms with Crippen molar-refractivity contribution in [2.24, 2.45) is 0 Å². The number of para-hydroxylation sites is 1. The monoisotopic (exact) mass is 603 g/mol. The van der Waals surface area contributed by atoms with E-state index in [1.165, 1.54) is 4.90 Å². The predicted octanol–water partition coefficient (Wildman–Crippen LogP) is 5.66. The van der Waals surface area contributed by atoms with Crippen LogP contribution in [0.2, 0.25) is 10.0 Å². The molecular formula is C30H35Cl2N3O4S. The Balaban J connectivity index is 2.09. The summed E-state index contributed by atoms with van der Waals surface area (Å²) in [4.78, 5) is 29.0. The first-order chi connectivity index (χ1) is 18.9. The van der Waals surface area contributed by atoms with Crippen LogP contribution in [0, 0.1) is 0 Å². The summed E-state index contributed by atoms with van der Waals surface area (Å²) in [5, 5.41) is 3.51. The SMILES string of the molecule is CCNC(=O)C(Cc1ccccc1)N(Cc1ccc(Cl)c(Cl)c1)C(=O)CN(c1ccccc1C(C)C)S(C)(=O)=O. The highest BCUT2D eigenvalue weighted by molar-refractivity contribution is 7.92. The quantitative estimate of drug-likeness (QED) is 0.289. The minimum atomic E-state index is -3.86. The van der Waals surface area contributed by atoms with Crippen LogP contribution >= 0.6 is 23.2 Å². The molecule has 0 heterocycles. The molecule has 3 rings (SSSR count). The zero-order chi connectivity index (χ0) is 29.4. The summed E-state index contributed by atoms with van der Waals surface area (Å²) < 4.78 is 27.2. The van der Waals surface area contributed by atoms with Gasteiger partial charge in [0.05, 0.1) is 22.0 Å². The van der Waals surface area contributed by atoms with Gasteiger partial charge in [0.2, 0.25) is 21.8 Å². The number of amides is 2. The van der Waals surface area contributed by atoms with Gasteiger partial charge in [0.15, 0.2) is 0 Å². The van der Waals surface area contributed by atoms with Crippen LogP contribution in [0.1, 0.15) is 43.4 Å². The summed E-state index contributed by atoms with van der Waals surface area (Å²) in [6.07, 6.45) is 1.31. The zero-order valence-electron chi connectivity index (χ0n) is 23.1. The Morgan fingerprint density at radius 2 is 1.55 bits per heavy atom. The van der Waals surface area contributed by atoms with Gasteiger partial charge in [0, 0.05) is 19.5 Å². The van der Waals surface area contributed by atoms with E-state index in [0.29, 0.717) is 27.8 Å². The van der Waals surface area contributed by atoms with Gasteiger partial charge in [-0.05, 0) is 47.7 Å². The Morgan fingerprint density at radius 1 is 0.900 bits per heavy atom. The Bertz CT molecular complexity index is 1430. The zero-order valence-corrected chi connectivity index (χ0v) is 25.4. The molecule has 0 saturated carbocycles. The molecule has 0 aliphatic carbocycles. The molecule has 7 nitrogen and oxygen atoms in total. The number of nitrogens with zero attached hydrogens (tertiary/aromatic N) is 2. The molecule has 0 aliphatic heterocycles. The van der Waals surface area contributed by atoms with Crippen molar-refractivity contribution in [3.8, 4) is 0 Å². The molecule has 0 fully saturated rings. The summed E-state index contributed by atoms with van der Waals surface area (Å²) >= 11 is 12.4. The predicted molar refractivity (Wildman–Crippen MR) is 162 cm³/mol. The lowest BCUT2D eigenvalue weighted by atomic mass is 10.0. The maximum absolute atomic E-state index is 14.1. The van der Waals surface area contributed by atoms with Crippen LogP contribution in [0.4, 0.5) is 5.69 Å². The van der Waals surface area contributed by atoms with E-state index in [-0.39, 0.29) is 24.8 Å². The van der Waals surface area contributed by atoms with Crippen LogP contribution in [-0.4, -0.2) is 50.5 Å². The van der Waals surface area contributed by atoms with E-state index < -0.39 is 28.5 Å². The van der Waals surface area contributed by atoms with Gasteiger partial charge < -0.3 is 10.2 Å². The third kappa shape index (κ3) is 8.22. The first-order valence-corrected chi connectivity index (χ1v) is 15.6. The maximum Gasteiger partial charge on any atom is 0.244 e. The number of likely N-dealkylation sites (N-methyl/N-ethyl adjacent to an activating group) is 1. The van der Waals surface area contributed by atoms with Gasteiger partial charge in [0.1, 0.15) is 12.6 Å². The van der Waals surface area contributed by atoms with Gasteiger partial charge in [-0.1, -0.05) is 91.6 Å². The van der Waals surface area contributed by atoms with Crippen molar-refractivity contribution in [2.75, 3.05) is 23.7 Å². The molecule has 40 heavy (non-hydrogen) atoms. The molecule has 1 atom stereocenters. The Labute approximate surface area is 247 Å². The van der Waals surface area contributed by atoms with E-state index in [2.05, 4.69) is 5.32 Å². The molecule has 2 amide bonds. The lowest BCUT2D eigenvalue weighted by Gasteiger charge is -2.34. The topological polar surface area (TPSA) is 86.8 Å². The average molecular weight is 605 g/mol. The molecule has 214 valence electrons. The number of hydrogen-bond donors (Lipinski definition) is 1. The molecule has 3 aromatic rings. The lowest BCUT2D eigenvalue weighted by Crippen LogP contribution is -2.53. The second kappa shape index (κ2) is 14.0. The fourth-order valence-corrected chi connectivity index (χ4v) is 5.67. The van der Waals surface area contributed by atoms with Gasteiger partial charge in [0.25, 0.3) is 0 Å². The third-order valence-corrected chi connectivity index (χ3v) is 8.33. The molecule has 1 unspecified atom stereocenters. The fourth-order valence-electron chi connectivity index (χ4n) is 4.48. The summed E-state index contributed by atoms with van der Waals surface area (Å²) in [7, 11) is -3.86. The number of carbonyl (C=O) groups excluding carboxylic acids is 2. The van der Waals surface area contributed by atoms with E-state index in [1.54, 1.807) is 37.3 Å². The smallest absolute Gasteiger partial charge is 0.244 e. The van der Waals surface area contributed by atoms with Gasteiger partial charge in [-0.2, -0.15) is 0 Å². The van der Waals surface area contributed by atoms with Crippen molar-refractivity contribution in [1.29, 1.82) is 0 Å². The van der Waals surface area contributed by atoms with Crippen molar-refractivity contribution in [2.45, 2.75) is 45.7 Å². The summed E-state index contributed by atoms with van der Waals surface area (Å²) in [5.41, 5.74) is 2.73. The molecule has 0 bridgehead atoms. The van der Waals surface area contributed by atoms with Crippen molar-refractivity contribution in [3.05, 3.63) is 99.5 Å². The van der Waals surface area contributed by atoms with Crippen LogP contribution in [-0.2, 0) is 32.6 Å². The summed E-state index contributed by atoms with van der Waals surface area (Å²) in [6.45, 7) is 5.64. The number of carbonyl (C=O) groups is 2. The van der Waals surface area contributed by atoms with Crippen LogP contribution < -0.4 is 9.62 Å². The third-order valence-electron chi connectivity index (χ3n) is 6.47. The molecule has 0 aliphatic rings. The van der Waals surface area contributed by atoms with Gasteiger partial charge in [-0.3, -0.25) is 13.9 Å². The molecule has 0 spiro atoms. The Kier molecular flexibility index (Phi) is 11.0. The molecule has 1 N–H and O–H groups in total. The highest BCUT2D eigenvalue weighted by atomic mass is 35.5. The van der Waals surface area contributed by atoms with Crippen molar-refractivity contribution >= 4 is 50.7 Å². The van der Waals surface area contributed by atoms with Gasteiger partial charge in [-0.25, -0.2) is 8.42 Å². The standard InChI is InChI=1S/C30H35Cl2N3O4S/c1-5-33-30(37)28(18-22-11-7-6-8-12-22)34(19-23-15-16-25(31)26(32)17-23)29(36)20-35(40(4,38)39)27-14-10-9-13-24(27)21(2)3/h6-17,21,28H,5,18-20H2,1-4H3,(H,33,37). The first kappa shape index (κ1) is 31.5. The average Bonchev–Trinajstić information content (AvgIpc) is 2.91.